The van der Waals surface area contributed by atoms with Crippen LogP contribution >= 0.6 is 0 Å². The summed E-state index contributed by atoms with van der Waals surface area (Å²) in [5.41, 5.74) is 3.08. The van der Waals surface area contributed by atoms with Gasteiger partial charge in [0.05, 0.1) is 6.42 Å². The summed E-state index contributed by atoms with van der Waals surface area (Å²) in [7, 11) is 0. The van der Waals surface area contributed by atoms with Crippen LogP contribution in [0.3, 0.4) is 0 Å². The molecule has 100 valence electrons. The van der Waals surface area contributed by atoms with Crippen LogP contribution in [0.4, 0.5) is 5.69 Å². The molecule has 0 bridgehead atoms. The summed E-state index contributed by atoms with van der Waals surface area (Å²) in [5, 5.41) is 3.24. The number of carbonyl (C=O) groups is 1. The minimum absolute atomic E-state index is 0.167. The molecule has 0 unspecified atom stereocenters. The SMILES string of the molecule is Cc1cc(C)cc(NCCC(=O)OC(C)(C)C)c1. The van der Waals surface area contributed by atoms with Gasteiger partial charge < -0.3 is 10.1 Å². The van der Waals surface area contributed by atoms with Gasteiger partial charge in [-0.2, -0.15) is 0 Å². The van der Waals surface area contributed by atoms with Crippen LogP contribution in [-0.4, -0.2) is 18.1 Å². The van der Waals surface area contributed by atoms with Gasteiger partial charge in [-0.3, -0.25) is 4.79 Å². The molecule has 1 N–H and O–H groups in total. The van der Waals surface area contributed by atoms with Gasteiger partial charge in [-0.15, -0.1) is 0 Å². The predicted molar refractivity (Wildman–Crippen MR) is 74.9 cm³/mol. The van der Waals surface area contributed by atoms with E-state index >= 15 is 0 Å². The third kappa shape index (κ3) is 5.71. The number of nitrogens with one attached hydrogen (secondary N) is 1. The molecule has 0 spiro atoms. The second kappa shape index (κ2) is 5.89. The van der Waals surface area contributed by atoms with E-state index in [9.17, 15) is 4.79 Å². The van der Waals surface area contributed by atoms with Crippen molar-refractivity contribution in [1.82, 2.24) is 0 Å². The van der Waals surface area contributed by atoms with Gasteiger partial charge in [-0.1, -0.05) is 6.07 Å². The van der Waals surface area contributed by atoms with Crippen LogP contribution in [0.25, 0.3) is 0 Å². The quantitative estimate of drug-likeness (QED) is 0.831. The number of rotatable bonds is 4. The summed E-state index contributed by atoms with van der Waals surface area (Å²) >= 11 is 0. The van der Waals surface area contributed by atoms with Gasteiger partial charge in [0.15, 0.2) is 0 Å². The van der Waals surface area contributed by atoms with Crippen LogP contribution in [0.15, 0.2) is 18.2 Å². The maximum Gasteiger partial charge on any atom is 0.308 e. The molecule has 1 aromatic rings. The lowest BCUT2D eigenvalue weighted by Crippen LogP contribution is -2.25. The van der Waals surface area contributed by atoms with Gasteiger partial charge in [0.25, 0.3) is 0 Å². The van der Waals surface area contributed by atoms with Crippen LogP contribution < -0.4 is 5.32 Å². The summed E-state index contributed by atoms with van der Waals surface area (Å²) in [5.74, 6) is -0.167. The highest BCUT2D eigenvalue weighted by molar-refractivity contribution is 5.70. The minimum atomic E-state index is -0.406. The summed E-state index contributed by atoms with van der Waals surface area (Å²) in [6, 6.07) is 6.27. The number of carbonyl (C=O) groups excluding carboxylic acids is 1. The molecule has 18 heavy (non-hydrogen) atoms. The molecule has 0 aliphatic carbocycles. The zero-order chi connectivity index (χ0) is 13.8. The molecule has 0 amide bonds. The number of hydrogen-bond donors (Lipinski definition) is 1. The van der Waals surface area contributed by atoms with Gasteiger partial charge in [-0.25, -0.2) is 0 Å². The number of aryl methyl sites for hydroxylation is 2. The summed E-state index contributed by atoms with van der Waals surface area (Å²) in [4.78, 5) is 11.5. The lowest BCUT2D eigenvalue weighted by Gasteiger charge is -2.19. The Morgan fingerprint density at radius 3 is 2.22 bits per heavy atom. The molecule has 0 heterocycles. The third-order valence-corrected chi connectivity index (χ3v) is 2.30. The van der Waals surface area contributed by atoms with E-state index in [4.69, 9.17) is 4.74 Å². The summed E-state index contributed by atoms with van der Waals surface area (Å²) < 4.78 is 5.24. The zero-order valence-electron chi connectivity index (χ0n) is 12.0. The smallest absolute Gasteiger partial charge is 0.308 e. The monoisotopic (exact) mass is 249 g/mol. The van der Waals surface area contributed by atoms with Crippen molar-refractivity contribution in [3.63, 3.8) is 0 Å². The first kappa shape index (κ1) is 14.6. The molecule has 0 radical (unpaired) electrons. The average Bonchev–Trinajstić information content (AvgIpc) is 2.12. The highest BCUT2D eigenvalue weighted by Gasteiger charge is 2.15. The van der Waals surface area contributed by atoms with Crippen LogP contribution in [-0.2, 0) is 9.53 Å². The first-order valence-electron chi connectivity index (χ1n) is 6.30. The fraction of sp³-hybridized carbons (Fsp3) is 0.533. The fourth-order valence-corrected chi connectivity index (χ4v) is 1.78. The molecule has 0 aliphatic heterocycles. The first-order chi connectivity index (χ1) is 8.26. The maximum atomic E-state index is 11.5. The van der Waals surface area contributed by atoms with Crippen LogP contribution in [0.5, 0.6) is 0 Å². The highest BCUT2D eigenvalue weighted by Crippen LogP contribution is 2.14. The molecule has 0 atom stereocenters. The Bertz CT molecular complexity index is 399. The Balaban J connectivity index is 2.40. The average molecular weight is 249 g/mol. The van der Waals surface area contributed by atoms with E-state index in [0.29, 0.717) is 13.0 Å². The van der Waals surface area contributed by atoms with Crippen molar-refractivity contribution >= 4 is 11.7 Å². The Morgan fingerprint density at radius 1 is 1.17 bits per heavy atom. The van der Waals surface area contributed by atoms with E-state index in [2.05, 4.69) is 37.4 Å². The third-order valence-electron chi connectivity index (χ3n) is 2.30. The van der Waals surface area contributed by atoms with Crippen LogP contribution in [0.2, 0.25) is 0 Å². The minimum Gasteiger partial charge on any atom is -0.460 e. The van der Waals surface area contributed by atoms with E-state index < -0.39 is 5.60 Å². The number of benzene rings is 1. The van der Waals surface area contributed by atoms with E-state index in [1.54, 1.807) is 0 Å². The Kier molecular flexibility index (Phi) is 4.76. The fourth-order valence-electron chi connectivity index (χ4n) is 1.78. The van der Waals surface area contributed by atoms with Crippen molar-refractivity contribution in [3.05, 3.63) is 29.3 Å². The molecular weight excluding hydrogens is 226 g/mol. The number of esters is 1. The second-order valence-electron chi connectivity index (χ2n) is 5.64. The topological polar surface area (TPSA) is 38.3 Å². The molecular formula is C15H23NO2. The van der Waals surface area contributed by atoms with Crippen LogP contribution in [0, 0.1) is 13.8 Å². The molecule has 0 saturated heterocycles. The standard InChI is InChI=1S/C15H23NO2/c1-11-8-12(2)10-13(9-11)16-7-6-14(17)18-15(3,4)5/h8-10,16H,6-7H2,1-5H3. The Hall–Kier alpha value is -1.51. The molecule has 3 heteroatoms. The van der Waals surface area contributed by atoms with Gasteiger partial charge in [0.1, 0.15) is 5.60 Å². The van der Waals surface area contributed by atoms with Crippen molar-refractivity contribution in [2.75, 3.05) is 11.9 Å². The van der Waals surface area contributed by atoms with Crippen molar-refractivity contribution < 1.29 is 9.53 Å². The summed E-state index contributed by atoms with van der Waals surface area (Å²) in [6.45, 7) is 10.3. The molecule has 0 aromatic heterocycles. The van der Waals surface area contributed by atoms with E-state index in [1.807, 2.05) is 20.8 Å². The molecule has 0 fully saturated rings. The summed E-state index contributed by atoms with van der Waals surface area (Å²) in [6.07, 6.45) is 0.379. The van der Waals surface area contributed by atoms with Crippen LogP contribution in [0.1, 0.15) is 38.3 Å². The largest absolute Gasteiger partial charge is 0.460 e. The lowest BCUT2D eigenvalue weighted by molar-refractivity contribution is -0.154. The number of hydrogen-bond acceptors (Lipinski definition) is 3. The predicted octanol–water partition coefficient (Wildman–Crippen LogP) is 3.45. The molecule has 0 aliphatic rings. The van der Waals surface area contributed by atoms with Crippen molar-refractivity contribution in [2.24, 2.45) is 0 Å². The van der Waals surface area contributed by atoms with Crippen molar-refractivity contribution in [3.8, 4) is 0 Å². The van der Waals surface area contributed by atoms with E-state index in [0.717, 1.165) is 5.69 Å². The van der Waals surface area contributed by atoms with Gasteiger partial charge in [0.2, 0.25) is 0 Å². The second-order valence-corrected chi connectivity index (χ2v) is 5.64. The zero-order valence-corrected chi connectivity index (χ0v) is 12.0. The normalized spacial score (nSPS) is 11.2. The molecule has 3 nitrogen and oxygen atoms in total. The Morgan fingerprint density at radius 2 is 1.72 bits per heavy atom. The van der Waals surface area contributed by atoms with Crippen molar-refractivity contribution in [2.45, 2.75) is 46.6 Å². The van der Waals surface area contributed by atoms with E-state index in [-0.39, 0.29) is 5.97 Å². The molecule has 1 aromatic carbocycles. The highest BCUT2D eigenvalue weighted by atomic mass is 16.6. The maximum absolute atomic E-state index is 11.5. The molecule has 1 rings (SSSR count). The van der Waals surface area contributed by atoms with Gasteiger partial charge >= 0.3 is 5.97 Å². The Labute approximate surface area is 110 Å². The number of ether oxygens (including phenoxy) is 1. The van der Waals surface area contributed by atoms with Gasteiger partial charge in [-0.05, 0) is 57.9 Å². The first-order valence-corrected chi connectivity index (χ1v) is 6.30. The van der Waals surface area contributed by atoms with Crippen molar-refractivity contribution in [1.29, 1.82) is 0 Å². The number of anilines is 1. The molecule has 0 saturated carbocycles. The van der Waals surface area contributed by atoms with Gasteiger partial charge in [0, 0.05) is 12.2 Å². The van der Waals surface area contributed by atoms with E-state index in [1.165, 1.54) is 11.1 Å². The lowest BCUT2D eigenvalue weighted by atomic mass is 10.1.